The van der Waals surface area contributed by atoms with Gasteiger partial charge in [0.1, 0.15) is 0 Å². The van der Waals surface area contributed by atoms with E-state index in [-0.39, 0.29) is 72.0 Å². The number of nitrogens with one attached hydrogen (secondary N) is 1. The Hall–Kier alpha value is 0.860. The first-order valence-electron chi connectivity index (χ1n) is 10.9. The molecule has 160 valence electrons. The molecule has 0 aromatic heterocycles. The molecule has 0 saturated carbocycles. The van der Waals surface area contributed by atoms with Crippen molar-refractivity contribution in [1.29, 1.82) is 0 Å². The Morgan fingerprint density at radius 1 is 0.655 bits per heavy atom. The summed E-state index contributed by atoms with van der Waals surface area (Å²) < 4.78 is 0. The van der Waals surface area contributed by atoms with Gasteiger partial charge in [0, 0.05) is 25.0 Å². The summed E-state index contributed by atoms with van der Waals surface area (Å²) in [5.74, 6) is -2.21. The largest absolute Gasteiger partial charge is 1.00 e. The molecular formula is C21H40N2Na2O4. The Kier molecular flexibility index (Phi) is 32.0. The predicted octanol–water partition coefficient (Wildman–Crippen LogP) is -4.52. The average Bonchev–Trinajstić information content (AvgIpc) is 2.63. The normalized spacial score (nSPS) is 10.4. The van der Waals surface area contributed by atoms with Gasteiger partial charge in [-0.2, -0.15) is 0 Å². The maximum absolute atomic E-state index is 10.6. The molecule has 0 aliphatic heterocycles. The summed E-state index contributed by atoms with van der Waals surface area (Å²) in [5, 5.41) is 24.5. The van der Waals surface area contributed by atoms with E-state index in [9.17, 15) is 19.8 Å². The second-order valence-electron chi connectivity index (χ2n) is 7.37. The van der Waals surface area contributed by atoms with Crippen LogP contribution < -0.4 is 74.6 Å². The van der Waals surface area contributed by atoms with E-state index >= 15 is 0 Å². The molecular weight excluding hydrogens is 390 g/mol. The number of carboxylic acids is 2. The van der Waals surface area contributed by atoms with Crippen molar-refractivity contribution in [3.05, 3.63) is 0 Å². The number of aliphatic carboxylic acids is 2. The van der Waals surface area contributed by atoms with Crippen LogP contribution in [0.25, 0.3) is 0 Å². The Bertz CT molecular complexity index is 357. The number of unbranched alkanes of at least 4 members (excludes halogenated alkanes) is 9. The third-order valence-electron chi connectivity index (χ3n) is 4.80. The molecule has 0 spiro atoms. The first kappa shape index (κ1) is 34.5. The molecule has 0 bridgehead atoms. The Morgan fingerprint density at radius 2 is 1.07 bits per heavy atom. The second kappa shape index (κ2) is 26.9. The number of carbonyl (C=O) groups excluding carboxylic acids is 2. The number of nitrogens with zero attached hydrogens (tertiary/aromatic N) is 1. The van der Waals surface area contributed by atoms with Crippen molar-refractivity contribution in [3.63, 3.8) is 0 Å². The summed E-state index contributed by atoms with van der Waals surface area (Å²) in [5.41, 5.74) is 0. The summed E-state index contributed by atoms with van der Waals surface area (Å²) in [7, 11) is 0. The van der Waals surface area contributed by atoms with E-state index in [2.05, 4.69) is 12.2 Å². The van der Waals surface area contributed by atoms with Gasteiger partial charge in [-0.3, -0.25) is 0 Å². The van der Waals surface area contributed by atoms with Crippen molar-refractivity contribution in [2.75, 3.05) is 32.7 Å². The van der Waals surface area contributed by atoms with Crippen LogP contribution in [0.15, 0.2) is 0 Å². The maximum atomic E-state index is 10.6. The van der Waals surface area contributed by atoms with E-state index in [0.717, 1.165) is 19.5 Å². The molecule has 6 nitrogen and oxygen atoms in total. The fourth-order valence-corrected chi connectivity index (χ4v) is 3.12. The minimum absolute atomic E-state index is 0. The zero-order valence-electron chi connectivity index (χ0n) is 19.3. The minimum atomic E-state index is -1.10. The number of carboxylic acid groups (broad SMARTS) is 2. The van der Waals surface area contributed by atoms with Crippen LogP contribution in [0.3, 0.4) is 0 Å². The zero-order chi connectivity index (χ0) is 20.2. The van der Waals surface area contributed by atoms with Crippen molar-refractivity contribution in [2.24, 2.45) is 0 Å². The summed E-state index contributed by atoms with van der Waals surface area (Å²) in [6.07, 6.45) is 14.1. The standard InChI is InChI=1S/C21H42N2O4.2Na/c1-2-3-4-5-6-7-8-9-10-11-15-22-16-12-17-23(18-13-20(24)25)19-14-21(26)27;;/h22H,2-19H2,1H3,(H,24,25)(H,26,27);;/q;2*+1/p-2. The monoisotopic (exact) mass is 430 g/mol. The maximum Gasteiger partial charge on any atom is 1.00 e. The molecule has 0 unspecified atom stereocenters. The Morgan fingerprint density at radius 3 is 1.52 bits per heavy atom. The summed E-state index contributed by atoms with van der Waals surface area (Å²) in [6, 6.07) is 0. The van der Waals surface area contributed by atoms with Crippen molar-refractivity contribution in [3.8, 4) is 0 Å². The van der Waals surface area contributed by atoms with Gasteiger partial charge < -0.3 is 30.0 Å². The molecule has 0 saturated heterocycles. The molecule has 0 radical (unpaired) electrons. The van der Waals surface area contributed by atoms with Crippen LogP contribution >= 0.6 is 0 Å². The van der Waals surface area contributed by atoms with Crippen LogP contribution in [-0.4, -0.2) is 49.6 Å². The van der Waals surface area contributed by atoms with Gasteiger partial charge in [0.15, 0.2) is 0 Å². The molecule has 29 heavy (non-hydrogen) atoms. The van der Waals surface area contributed by atoms with Crippen LogP contribution in [-0.2, 0) is 9.59 Å². The quantitative estimate of drug-likeness (QED) is 0.146. The van der Waals surface area contributed by atoms with Crippen molar-refractivity contribution >= 4 is 11.9 Å². The van der Waals surface area contributed by atoms with Crippen LogP contribution in [0.1, 0.15) is 90.4 Å². The van der Waals surface area contributed by atoms with E-state index in [1.54, 1.807) is 0 Å². The van der Waals surface area contributed by atoms with E-state index in [4.69, 9.17) is 0 Å². The van der Waals surface area contributed by atoms with Gasteiger partial charge in [0.2, 0.25) is 0 Å². The molecule has 0 fully saturated rings. The van der Waals surface area contributed by atoms with Gasteiger partial charge in [0.25, 0.3) is 0 Å². The molecule has 0 aromatic rings. The molecule has 0 rings (SSSR count). The summed E-state index contributed by atoms with van der Waals surface area (Å²) in [6.45, 7) is 5.46. The smallest absolute Gasteiger partial charge is 0.550 e. The molecule has 0 amide bonds. The minimum Gasteiger partial charge on any atom is -0.550 e. The van der Waals surface area contributed by atoms with Gasteiger partial charge in [0.05, 0.1) is 0 Å². The van der Waals surface area contributed by atoms with E-state index in [0.29, 0.717) is 19.6 Å². The number of carbonyl (C=O) groups is 2. The molecule has 0 aromatic carbocycles. The van der Waals surface area contributed by atoms with Gasteiger partial charge in [-0.15, -0.1) is 0 Å². The van der Waals surface area contributed by atoms with Crippen LogP contribution in [0.2, 0.25) is 0 Å². The molecule has 0 aliphatic carbocycles. The van der Waals surface area contributed by atoms with Crippen molar-refractivity contribution < 1.29 is 78.9 Å². The third kappa shape index (κ3) is 28.9. The Balaban J connectivity index is -0.00000338. The molecule has 0 atom stereocenters. The zero-order valence-corrected chi connectivity index (χ0v) is 23.3. The van der Waals surface area contributed by atoms with Crippen LogP contribution in [0.5, 0.6) is 0 Å². The average molecular weight is 431 g/mol. The van der Waals surface area contributed by atoms with E-state index in [1.165, 1.54) is 64.2 Å². The third-order valence-corrected chi connectivity index (χ3v) is 4.80. The number of hydrogen-bond donors (Lipinski definition) is 1. The SMILES string of the molecule is CCCCCCCCCCCCNCCCN(CCC(=O)[O-])CCC(=O)[O-].[Na+].[Na+]. The summed E-state index contributed by atoms with van der Waals surface area (Å²) >= 11 is 0. The van der Waals surface area contributed by atoms with Crippen LogP contribution in [0, 0.1) is 0 Å². The Labute approximate surface area is 222 Å². The molecule has 0 aliphatic rings. The molecule has 0 heterocycles. The fourth-order valence-electron chi connectivity index (χ4n) is 3.12. The number of hydrogen-bond acceptors (Lipinski definition) is 6. The first-order valence-corrected chi connectivity index (χ1v) is 10.9. The molecule has 8 heteroatoms. The van der Waals surface area contributed by atoms with E-state index in [1.807, 2.05) is 4.90 Å². The van der Waals surface area contributed by atoms with Crippen molar-refractivity contribution in [1.82, 2.24) is 10.2 Å². The molecule has 1 N–H and O–H groups in total. The topological polar surface area (TPSA) is 95.5 Å². The van der Waals surface area contributed by atoms with Gasteiger partial charge in [-0.05, 0) is 45.3 Å². The second-order valence-corrected chi connectivity index (χ2v) is 7.37. The van der Waals surface area contributed by atoms with E-state index < -0.39 is 11.9 Å². The fraction of sp³-hybridized carbons (Fsp3) is 0.905. The van der Waals surface area contributed by atoms with Crippen molar-refractivity contribution in [2.45, 2.75) is 90.4 Å². The van der Waals surface area contributed by atoms with Gasteiger partial charge in [-0.25, -0.2) is 0 Å². The number of rotatable bonds is 21. The summed E-state index contributed by atoms with van der Waals surface area (Å²) in [4.78, 5) is 23.0. The first-order chi connectivity index (χ1) is 13.1. The predicted molar refractivity (Wildman–Crippen MR) is 105 cm³/mol. The van der Waals surface area contributed by atoms with Gasteiger partial charge in [-0.1, -0.05) is 64.7 Å². The van der Waals surface area contributed by atoms with Crippen LogP contribution in [0.4, 0.5) is 0 Å². The van der Waals surface area contributed by atoms with Gasteiger partial charge >= 0.3 is 59.1 Å².